The molecular formula is C17H24FN3O2. The van der Waals surface area contributed by atoms with Crippen LogP contribution < -0.4 is 16.0 Å². The molecule has 23 heavy (non-hydrogen) atoms. The highest BCUT2D eigenvalue weighted by Crippen LogP contribution is 2.18. The third-order valence-corrected chi connectivity index (χ3v) is 4.19. The predicted octanol–water partition coefficient (Wildman–Crippen LogP) is 2.63. The van der Waals surface area contributed by atoms with Gasteiger partial charge in [0, 0.05) is 17.6 Å². The fraction of sp³-hybridized carbons (Fsp3) is 0.529. The number of rotatable bonds is 5. The molecule has 1 aromatic rings. The summed E-state index contributed by atoms with van der Waals surface area (Å²) >= 11 is 0. The van der Waals surface area contributed by atoms with Crippen LogP contribution in [0.15, 0.2) is 24.3 Å². The van der Waals surface area contributed by atoms with Gasteiger partial charge in [0.05, 0.1) is 6.04 Å². The topological polar surface area (TPSA) is 70.2 Å². The molecule has 3 amide bonds. The summed E-state index contributed by atoms with van der Waals surface area (Å²) in [6.07, 6.45) is 4.13. The molecule has 0 bridgehead atoms. The van der Waals surface area contributed by atoms with Crippen molar-refractivity contribution < 1.29 is 14.0 Å². The van der Waals surface area contributed by atoms with E-state index in [9.17, 15) is 14.0 Å². The monoisotopic (exact) mass is 321 g/mol. The van der Waals surface area contributed by atoms with Crippen LogP contribution >= 0.6 is 0 Å². The summed E-state index contributed by atoms with van der Waals surface area (Å²) in [7, 11) is 0. The Bertz CT molecular complexity index is 559. The molecule has 1 fully saturated rings. The number of benzene rings is 1. The van der Waals surface area contributed by atoms with E-state index in [-0.39, 0.29) is 17.9 Å². The molecule has 6 heteroatoms. The Hall–Kier alpha value is -1.95. The Kier molecular flexibility index (Phi) is 6.10. The minimum Gasteiger partial charge on any atom is -0.335 e. The zero-order valence-electron chi connectivity index (χ0n) is 13.6. The number of carbonyl (C=O) groups excluding carboxylic acids is 2. The number of amides is 3. The summed E-state index contributed by atoms with van der Waals surface area (Å²) in [5, 5.41) is 8.14. The van der Waals surface area contributed by atoms with Crippen molar-refractivity contribution in [3.63, 3.8) is 0 Å². The molecule has 0 radical (unpaired) electrons. The summed E-state index contributed by atoms with van der Waals surface area (Å²) in [6.45, 7) is 3.43. The van der Waals surface area contributed by atoms with Crippen LogP contribution in [0, 0.1) is 5.82 Å². The molecule has 3 N–H and O–H groups in total. The van der Waals surface area contributed by atoms with Gasteiger partial charge in [-0.15, -0.1) is 0 Å². The second-order valence-corrected chi connectivity index (χ2v) is 6.08. The van der Waals surface area contributed by atoms with Crippen LogP contribution in [0.3, 0.4) is 0 Å². The summed E-state index contributed by atoms with van der Waals surface area (Å²) in [5.74, 6) is -0.747. The lowest BCUT2D eigenvalue weighted by Crippen LogP contribution is -2.50. The first-order chi connectivity index (χ1) is 11.0. The standard InChI is InChI=1S/C17H24FN3O2/c1-11(14-9-5-6-10-15(14)18)19-12(2)16(22)21-17(23)20-13-7-3-4-8-13/h5-6,9-13,19H,3-4,7-8H2,1-2H3,(H2,20,21,22,23). The van der Waals surface area contributed by atoms with Crippen LogP contribution in [0.25, 0.3) is 0 Å². The Morgan fingerprint density at radius 3 is 2.48 bits per heavy atom. The Morgan fingerprint density at radius 2 is 1.83 bits per heavy atom. The number of imide groups is 1. The SMILES string of the molecule is CC(NC(C)c1ccccc1F)C(=O)NC(=O)NC1CCCC1. The molecule has 126 valence electrons. The summed E-state index contributed by atoms with van der Waals surface area (Å²) in [6, 6.07) is 5.16. The van der Waals surface area contributed by atoms with Gasteiger partial charge in [0.15, 0.2) is 0 Å². The number of hydrogen-bond donors (Lipinski definition) is 3. The first-order valence-corrected chi connectivity index (χ1v) is 8.09. The predicted molar refractivity (Wildman–Crippen MR) is 86.3 cm³/mol. The molecule has 0 aliphatic heterocycles. The first kappa shape index (κ1) is 17.4. The minimum atomic E-state index is -0.612. The lowest BCUT2D eigenvalue weighted by Gasteiger charge is -2.20. The van der Waals surface area contributed by atoms with Crippen molar-refractivity contribution in [2.24, 2.45) is 0 Å². The van der Waals surface area contributed by atoms with Crippen molar-refractivity contribution in [1.29, 1.82) is 0 Å². The van der Waals surface area contributed by atoms with Crippen molar-refractivity contribution >= 4 is 11.9 Å². The van der Waals surface area contributed by atoms with Crippen LogP contribution in [0.1, 0.15) is 51.1 Å². The van der Waals surface area contributed by atoms with E-state index < -0.39 is 18.0 Å². The summed E-state index contributed by atoms with van der Waals surface area (Å²) in [5.41, 5.74) is 0.488. The molecule has 0 spiro atoms. The molecule has 5 nitrogen and oxygen atoms in total. The lowest BCUT2D eigenvalue weighted by molar-refractivity contribution is -0.121. The number of urea groups is 1. The minimum absolute atomic E-state index is 0.156. The first-order valence-electron chi connectivity index (χ1n) is 8.09. The van der Waals surface area contributed by atoms with Crippen LogP contribution in [0.4, 0.5) is 9.18 Å². The van der Waals surface area contributed by atoms with Gasteiger partial charge in [-0.1, -0.05) is 31.0 Å². The smallest absolute Gasteiger partial charge is 0.321 e. The van der Waals surface area contributed by atoms with Crippen LogP contribution in [-0.4, -0.2) is 24.0 Å². The largest absolute Gasteiger partial charge is 0.335 e. The van der Waals surface area contributed by atoms with Gasteiger partial charge in [-0.2, -0.15) is 0 Å². The molecule has 1 aromatic carbocycles. The number of nitrogens with one attached hydrogen (secondary N) is 3. The zero-order valence-corrected chi connectivity index (χ0v) is 13.6. The molecule has 0 aromatic heterocycles. The van der Waals surface area contributed by atoms with E-state index in [0.717, 1.165) is 25.7 Å². The molecule has 2 rings (SSSR count). The van der Waals surface area contributed by atoms with Crippen molar-refractivity contribution in [2.75, 3.05) is 0 Å². The zero-order chi connectivity index (χ0) is 16.8. The highest BCUT2D eigenvalue weighted by molar-refractivity contribution is 5.96. The van der Waals surface area contributed by atoms with E-state index in [1.807, 2.05) is 0 Å². The van der Waals surface area contributed by atoms with Crippen molar-refractivity contribution in [2.45, 2.75) is 57.7 Å². The Balaban J connectivity index is 1.82. The summed E-state index contributed by atoms with van der Waals surface area (Å²) < 4.78 is 13.7. The molecule has 0 heterocycles. The maximum atomic E-state index is 13.7. The van der Waals surface area contributed by atoms with Crippen molar-refractivity contribution in [3.8, 4) is 0 Å². The van der Waals surface area contributed by atoms with Gasteiger partial charge in [0.1, 0.15) is 5.82 Å². The Morgan fingerprint density at radius 1 is 1.17 bits per heavy atom. The normalized spacial score (nSPS) is 17.5. The molecule has 0 saturated heterocycles. The molecule has 2 atom stereocenters. The lowest BCUT2D eigenvalue weighted by atomic mass is 10.1. The van der Waals surface area contributed by atoms with Gasteiger partial charge in [0.2, 0.25) is 5.91 Å². The molecule has 1 aliphatic rings. The summed E-state index contributed by atoms with van der Waals surface area (Å²) in [4.78, 5) is 23.8. The average Bonchev–Trinajstić information content (AvgIpc) is 3.00. The second kappa shape index (κ2) is 8.06. The Labute approximate surface area is 136 Å². The van der Waals surface area contributed by atoms with Gasteiger partial charge in [-0.3, -0.25) is 15.4 Å². The van der Waals surface area contributed by atoms with Crippen molar-refractivity contribution in [3.05, 3.63) is 35.6 Å². The molecule has 2 unspecified atom stereocenters. The van der Waals surface area contributed by atoms with E-state index in [2.05, 4.69) is 16.0 Å². The van der Waals surface area contributed by atoms with Crippen LogP contribution in [0.5, 0.6) is 0 Å². The fourth-order valence-corrected chi connectivity index (χ4v) is 2.88. The quantitative estimate of drug-likeness (QED) is 0.781. The average molecular weight is 321 g/mol. The van der Waals surface area contributed by atoms with Gasteiger partial charge >= 0.3 is 6.03 Å². The fourth-order valence-electron chi connectivity index (χ4n) is 2.88. The van der Waals surface area contributed by atoms with E-state index in [1.54, 1.807) is 32.0 Å². The number of halogens is 1. The van der Waals surface area contributed by atoms with Gasteiger partial charge in [-0.05, 0) is 32.8 Å². The number of carbonyl (C=O) groups is 2. The highest BCUT2D eigenvalue weighted by atomic mass is 19.1. The number of hydrogen-bond acceptors (Lipinski definition) is 3. The van der Waals surface area contributed by atoms with Crippen LogP contribution in [-0.2, 0) is 4.79 Å². The van der Waals surface area contributed by atoms with Gasteiger partial charge < -0.3 is 5.32 Å². The van der Waals surface area contributed by atoms with E-state index in [1.165, 1.54) is 6.07 Å². The second-order valence-electron chi connectivity index (χ2n) is 6.08. The molecular weight excluding hydrogens is 297 g/mol. The van der Waals surface area contributed by atoms with E-state index in [4.69, 9.17) is 0 Å². The molecule has 1 aliphatic carbocycles. The van der Waals surface area contributed by atoms with Gasteiger partial charge in [-0.25, -0.2) is 9.18 Å². The van der Waals surface area contributed by atoms with E-state index >= 15 is 0 Å². The third-order valence-electron chi connectivity index (χ3n) is 4.19. The maximum Gasteiger partial charge on any atom is 0.321 e. The maximum absolute atomic E-state index is 13.7. The molecule has 1 saturated carbocycles. The van der Waals surface area contributed by atoms with Gasteiger partial charge in [0.25, 0.3) is 0 Å². The van der Waals surface area contributed by atoms with E-state index in [0.29, 0.717) is 5.56 Å². The van der Waals surface area contributed by atoms with Crippen molar-refractivity contribution in [1.82, 2.24) is 16.0 Å². The highest BCUT2D eigenvalue weighted by Gasteiger charge is 2.22. The van der Waals surface area contributed by atoms with Crippen LogP contribution in [0.2, 0.25) is 0 Å². The third kappa shape index (κ3) is 5.03.